The maximum absolute atomic E-state index is 14.8. The van der Waals surface area contributed by atoms with Crippen molar-refractivity contribution in [2.75, 3.05) is 6.61 Å². The number of hydrogen-bond acceptors (Lipinski definition) is 5. The van der Waals surface area contributed by atoms with Crippen LogP contribution in [0.3, 0.4) is 0 Å². The second-order valence-electron chi connectivity index (χ2n) is 6.55. The van der Waals surface area contributed by atoms with Crippen LogP contribution in [-0.4, -0.2) is 22.4 Å². The summed E-state index contributed by atoms with van der Waals surface area (Å²) in [4.78, 5) is 30.6. The van der Waals surface area contributed by atoms with E-state index in [4.69, 9.17) is 9.57 Å². The van der Waals surface area contributed by atoms with Crippen molar-refractivity contribution in [3.05, 3.63) is 58.1 Å². The molecule has 6 nitrogen and oxygen atoms in total. The first-order valence-electron chi connectivity index (χ1n) is 9.40. The molecule has 0 fully saturated rings. The Kier molecular flexibility index (Phi) is 5.87. The van der Waals surface area contributed by atoms with Crippen LogP contribution in [0.5, 0.6) is 11.5 Å². The van der Waals surface area contributed by atoms with E-state index >= 15 is 0 Å². The van der Waals surface area contributed by atoms with Crippen LogP contribution < -0.4 is 15.0 Å². The lowest BCUT2D eigenvalue weighted by Crippen LogP contribution is -2.26. The minimum atomic E-state index is -0.738. The first-order chi connectivity index (χ1) is 13.9. The van der Waals surface area contributed by atoms with Crippen LogP contribution >= 0.6 is 0 Å². The summed E-state index contributed by atoms with van der Waals surface area (Å²) in [5.74, 6) is -1.06. The number of phenolic OH excluding ortho intramolecular Hbond substituents is 1. The topological polar surface area (TPSA) is 77.8 Å². The summed E-state index contributed by atoms with van der Waals surface area (Å²) in [5.41, 5.74) is 0.623. The van der Waals surface area contributed by atoms with Crippen LogP contribution in [0.4, 0.5) is 4.39 Å². The van der Waals surface area contributed by atoms with Gasteiger partial charge in [-0.3, -0.25) is 4.79 Å². The molecule has 2 aromatic carbocycles. The van der Waals surface area contributed by atoms with Gasteiger partial charge in [0.1, 0.15) is 22.8 Å². The molecule has 1 aromatic heterocycles. The van der Waals surface area contributed by atoms with Gasteiger partial charge >= 0.3 is 5.97 Å². The van der Waals surface area contributed by atoms with Crippen LogP contribution in [0.1, 0.15) is 32.9 Å². The van der Waals surface area contributed by atoms with Gasteiger partial charge in [0.2, 0.25) is 5.43 Å². The maximum Gasteiger partial charge on any atom is 0.329 e. The number of pyridine rings is 1. The normalized spacial score (nSPS) is 10.9. The van der Waals surface area contributed by atoms with Crippen molar-refractivity contribution in [1.29, 1.82) is 0 Å². The molecule has 0 atom stereocenters. The Morgan fingerprint density at radius 2 is 1.83 bits per heavy atom. The van der Waals surface area contributed by atoms with Crippen molar-refractivity contribution >= 4 is 16.9 Å². The molecule has 7 heteroatoms. The predicted octanol–water partition coefficient (Wildman–Crippen LogP) is 3.84. The van der Waals surface area contributed by atoms with Gasteiger partial charge in [0.15, 0.2) is 0 Å². The molecular weight excluding hydrogens is 377 g/mol. The van der Waals surface area contributed by atoms with E-state index in [0.717, 1.165) is 0 Å². The maximum atomic E-state index is 14.8. The summed E-state index contributed by atoms with van der Waals surface area (Å²) in [5, 5.41) is 9.36. The van der Waals surface area contributed by atoms with E-state index in [1.54, 1.807) is 19.1 Å². The number of nitrogens with zero attached hydrogens (tertiary/aromatic N) is 1. The highest BCUT2D eigenvalue weighted by Gasteiger charge is 2.24. The second-order valence-corrected chi connectivity index (χ2v) is 6.55. The third kappa shape index (κ3) is 3.81. The number of aromatic hydroxyl groups is 1. The van der Waals surface area contributed by atoms with Gasteiger partial charge in [0.25, 0.3) is 0 Å². The van der Waals surface area contributed by atoms with E-state index < -0.39 is 17.2 Å². The standard InChI is InChI=1S/C22H22FNO5/c1-4-12-28-18-11-10-16(23)20-21(18)24(29-13(3)25)17(5-2)19(22(20)27)14-6-8-15(26)9-7-14/h6-11,26H,4-5,12H2,1-3H3. The second kappa shape index (κ2) is 8.34. The SMILES string of the molecule is CCCOc1ccc(F)c2c(=O)c(-c3ccc(O)cc3)c(CC)n(OC(C)=O)c12. The molecule has 0 aliphatic heterocycles. The summed E-state index contributed by atoms with van der Waals surface area (Å²) in [6.45, 7) is 5.31. The number of phenols is 1. The molecule has 0 saturated heterocycles. The quantitative estimate of drug-likeness (QED) is 0.681. The molecule has 0 spiro atoms. The number of fused-ring (bicyclic) bond motifs is 1. The molecule has 0 amide bonds. The van der Waals surface area contributed by atoms with Gasteiger partial charge < -0.3 is 14.7 Å². The first kappa shape index (κ1) is 20.4. The van der Waals surface area contributed by atoms with Gasteiger partial charge in [-0.1, -0.05) is 26.0 Å². The van der Waals surface area contributed by atoms with E-state index in [0.29, 0.717) is 30.7 Å². The Balaban J connectivity index is 2.49. The zero-order valence-corrected chi connectivity index (χ0v) is 16.5. The lowest BCUT2D eigenvalue weighted by molar-refractivity contribution is -0.141. The van der Waals surface area contributed by atoms with E-state index in [1.165, 1.54) is 35.9 Å². The number of rotatable bonds is 6. The van der Waals surface area contributed by atoms with Crippen molar-refractivity contribution in [2.45, 2.75) is 33.6 Å². The summed E-state index contributed by atoms with van der Waals surface area (Å²) in [6, 6.07) is 8.58. The largest absolute Gasteiger partial charge is 0.508 e. The van der Waals surface area contributed by atoms with Gasteiger partial charge in [0.05, 0.1) is 23.3 Å². The van der Waals surface area contributed by atoms with E-state index in [-0.39, 0.29) is 28.0 Å². The Labute approximate surface area is 167 Å². The average molecular weight is 399 g/mol. The van der Waals surface area contributed by atoms with Crippen molar-refractivity contribution < 1.29 is 23.9 Å². The number of carbonyl (C=O) groups is 1. The van der Waals surface area contributed by atoms with E-state index in [9.17, 15) is 19.1 Å². The molecule has 0 radical (unpaired) electrons. The minimum Gasteiger partial charge on any atom is -0.508 e. The van der Waals surface area contributed by atoms with Crippen LogP contribution in [0.25, 0.3) is 22.0 Å². The van der Waals surface area contributed by atoms with Crippen LogP contribution in [0.15, 0.2) is 41.2 Å². The molecule has 0 saturated carbocycles. The van der Waals surface area contributed by atoms with Gasteiger partial charge in [-0.2, -0.15) is 4.73 Å². The van der Waals surface area contributed by atoms with E-state index in [1.807, 2.05) is 6.92 Å². The first-order valence-corrected chi connectivity index (χ1v) is 9.40. The molecule has 0 aliphatic rings. The number of aromatic nitrogens is 1. The predicted molar refractivity (Wildman–Crippen MR) is 108 cm³/mol. The zero-order valence-electron chi connectivity index (χ0n) is 16.5. The fraction of sp³-hybridized carbons (Fsp3) is 0.273. The Bertz CT molecular complexity index is 1120. The molecule has 3 aromatic rings. The molecule has 152 valence electrons. The molecule has 3 rings (SSSR count). The van der Waals surface area contributed by atoms with Crippen LogP contribution in [0, 0.1) is 5.82 Å². The van der Waals surface area contributed by atoms with Gasteiger partial charge in [-0.05, 0) is 42.7 Å². The summed E-state index contributed by atoms with van der Waals surface area (Å²) < 4.78 is 21.7. The van der Waals surface area contributed by atoms with Crippen LogP contribution in [-0.2, 0) is 11.2 Å². The number of carbonyl (C=O) groups excluding carboxylic acids is 1. The number of hydrogen-bond donors (Lipinski definition) is 1. The molecule has 1 N–H and O–H groups in total. The minimum absolute atomic E-state index is 0.0364. The van der Waals surface area contributed by atoms with Crippen molar-refractivity contribution in [3.8, 4) is 22.6 Å². The molecule has 0 bridgehead atoms. The lowest BCUT2D eigenvalue weighted by atomic mass is 9.98. The van der Waals surface area contributed by atoms with Crippen molar-refractivity contribution in [1.82, 2.24) is 4.73 Å². The summed E-state index contributed by atoms with van der Waals surface area (Å²) in [6.07, 6.45) is 1.04. The van der Waals surface area contributed by atoms with E-state index in [2.05, 4.69) is 0 Å². The Morgan fingerprint density at radius 1 is 1.14 bits per heavy atom. The van der Waals surface area contributed by atoms with Crippen molar-refractivity contribution in [2.24, 2.45) is 0 Å². The average Bonchev–Trinajstić information content (AvgIpc) is 2.69. The smallest absolute Gasteiger partial charge is 0.329 e. The van der Waals surface area contributed by atoms with Crippen molar-refractivity contribution in [3.63, 3.8) is 0 Å². The third-order valence-corrected chi connectivity index (χ3v) is 4.45. The van der Waals surface area contributed by atoms with Gasteiger partial charge in [-0.25, -0.2) is 9.18 Å². The van der Waals surface area contributed by atoms with Gasteiger partial charge in [-0.15, -0.1) is 0 Å². The number of halogens is 1. The highest BCUT2D eigenvalue weighted by atomic mass is 19.1. The Hall–Kier alpha value is -3.35. The summed E-state index contributed by atoms with van der Waals surface area (Å²) >= 11 is 0. The molecule has 0 unspecified atom stereocenters. The Morgan fingerprint density at radius 3 is 2.41 bits per heavy atom. The van der Waals surface area contributed by atoms with Crippen LogP contribution in [0.2, 0.25) is 0 Å². The fourth-order valence-corrected chi connectivity index (χ4v) is 3.26. The third-order valence-electron chi connectivity index (χ3n) is 4.45. The highest BCUT2D eigenvalue weighted by Crippen LogP contribution is 2.32. The number of benzene rings is 2. The summed E-state index contributed by atoms with van der Waals surface area (Å²) in [7, 11) is 0. The fourth-order valence-electron chi connectivity index (χ4n) is 3.26. The lowest BCUT2D eigenvalue weighted by Gasteiger charge is -2.20. The number of ether oxygens (including phenoxy) is 1. The zero-order chi connectivity index (χ0) is 21.1. The molecule has 29 heavy (non-hydrogen) atoms. The molecule has 1 heterocycles. The molecular formula is C22H22FNO5. The highest BCUT2D eigenvalue weighted by molar-refractivity contribution is 5.90. The molecule has 0 aliphatic carbocycles. The monoisotopic (exact) mass is 399 g/mol. The van der Waals surface area contributed by atoms with Gasteiger partial charge in [0, 0.05) is 6.92 Å².